The standard InChI is InChI=1S/C18H18N2O4S/c1-3-9-20-16(21)12-6-4-5-7-14(12)19-18(20)25-11-15-13(8-10-24-15)17(22)23-2/h4-8,10H,3,9,11H2,1-2H3. The fraction of sp³-hybridized carbons (Fsp3) is 0.278. The number of carbonyl (C=O) groups excluding carboxylic acids is 1. The molecule has 3 rings (SSSR count). The summed E-state index contributed by atoms with van der Waals surface area (Å²) in [6.45, 7) is 2.60. The molecule has 0 fully saturated rings. The molecule has 0 bridgehead atoms. The van der Waals surface area contributed by atoms with Crippen molar-refractivity contribution in [3.8, 4) is 0 Å². The van der Waals surface area contributed by atoms with E-state index < -0.39 is 5.97 Å². The van der Waals surface area contributed by atoms with Crippen LogP contribution in [0, 0.1) is 0 Å². The van der Waals surface area contributed by atoms with Gasteiger partial charge in [0.2, 0.25) is 0 Å². The molecule has 0 N–H and O–H groups in total. The lowest BCUT2D eigenvalue weighted by Gasteiger charge is -2.12. The predicted octanol–water partition coefficient (Wildman–Crippen LogP) is 3.48. The number of esters is 1. The van der Waals surface area contributed by atoms with Crippen molar-refractivity contribution < 1.29 is 13.9 Å². The van der Waals surface area contributed by atoms with Gasteiger partial charge in [0.05, 0.1) is 30.0 Å². The number of hydrogen-bond acceptors (Lipinski definition) is 6. The molecule has 25 heavy (non-hydrogen) atoms. The number of methoxy groups -OCH3 is 1. The highest BCUT2D eigenvalue weighted by Gasteiger charge is 2.17. The van der Waals surface area contributed by atoms with Crippen LogP contribution in [0.15, 0.2) is 51.0 Å². The second-order valence-corrected chi connectivity index (χ2v) is 6.35. The number of para-hydroxylation sites is 1. The van der Waals surface area contributed by atoms with Gasteiger partial charge in [-0.3, -0.25) is 9.36 Å². The van der Waals surface area contributed by atoms with E-state index in [0.717, 1.165) is 6.42 Å². The molecule has 0 saturated carbocycles. The van der Waals surface area contributed by atoms with Crippen molar-refractivity contribution in [1.82, 2.24) is 9.55 Å². The van der Waals surface area contributed by atoms with E-state index in [1.54, 1.807) is 16.7 Å². The Kier molecular flexibility index (Phi) is 5.23. The minimum absolute atomic E-state index is 0.0532. The van der Waals surface area contributed by atoms with Crippen molar-refractivity contribution in [1.29, 1.82) is 0 Å². The number of furan rings is 1. The van der Waals surface area contributed by atoms with Crippen LogP contribution in [0.4, 0.5) is 0 Å². The van der Waals surface area contributed by atoms with E-state index in [0.29, 0.717) is 39.7 Å². The Balaban J connectivity index is 1.96. The van der Waals surface area contributed by atoms with Gasteiger partial charge >= 0.3 is 5.97 Å². The Bertz CT molecular complexity index is 961. The van der Waals surface area contributed by atoms with Gasteiger partial charge in [-0.05, 0) is 24.6 Å². The molecule has 0 amide bonds. The normalized spacial score (nSPS) is 11.0. The van der Waals surface area contributed by atoms with E-state index in [1.807, 2.05) is 25.1 Å². The summed E-state index contributed by atoms with van der Waals surface area (Å²) in [5.41, 5.74) is 0.998. The van der Waals surface area contributed by atoms with Crippen LogP contribution in [-0.4, -0.2) is 22.6 Å². The minimum Gasteiger partial charge on any atom is -0.468 e. The van der Waals surface area contributed by atoms with Gasteiger partial charge in [-0.2, -0.15) is 0 Å². The molecule has 130 valence electrons. The highest BCUT2D eigenvalue weighted by atomic mass is 32.2. The number of ether oxygens (including phenoxy) is 1. The van der Waals surface area contributed by atoms with Crippen molar-refractivity contribution in [3.05, 3.63) is 58.3 Å². The van der Waals surface area contributed by atoms with Crippen molar-refractivity contribution in [2.45, 2.75) is 30.8 Å². The first-order valence-electron chi connectivity index (χ1n) is 7.92. The average Bonchev–Trinajstić information content (AvgIpc) is 3.10. The van der Waals surface area contributed by atoms with E-state index in [1.165, 1.54) is 25.1 Å². The number of thioether (sulfide) groups is 1. The van der Waals surface area contributed by atoms with Gasteiger partial charge in [0.1, 0.15) is 11.3 Å². The molecule has 0 radical (unpaired) electrons. The first kappa shape index (κ1) is 17.3. The average molecular weight is 358 g/mol. The van der Waals surface area contributed by atoms with E-state index in [9.17, 15) is 9.59 Å². The Hall–Kier alpha value is -2.54. The smallest absolute Gasteiger partial charge is 0.341 e. The number of nitrogens with zero attached hydrogens (tertiary/aromatic N) is 2. The van der Waals surface area contributed by atoms with Crippen LogP contribution in [0.1, 0.15) is 29.5 Å². The summed E-state index contributed by atoms with van der Waals surface area (Å²) in [4.78, 5) is 29.1. The summed E-state index contributed by atoms with van der Waals surface area (Å²) in [5.74, 6) is 0.440. The van der Waals surface area contributed by atoms with E-state index in [4.69, 9.17) is 9.15 Å². The third kappa shape index (κ3) is 3.46. The number of aromatic nitrogens is 2. The molecule has 0 saturated heterocycles. The molecule has 0 aliphatic carbocycles. The van der Waals surface area contributed by atoms with Gasteiger partial charge < -0.3 is 9.15 Å². The molecule has 0 aliphatic rings. The monoisotopic (exact) mass is 358 g/mol. The molecule has 0 atom stereocenters. The van der Waals surface area contributed by atoms with Crippen LogP contribution >= 0.6 is 11.8 Å². The number of hydrogen-bond donors (Lipinski definition) is 0. The van der Waals surface area contributed by atoms with Gasteiger partial charge in [-0.1, -0.05) is 30.8 Å². The first-order chi connectivity index (χ1) is 12.2. The van der Waals surface area contributed by atoms with Crippen molar-refractivity contribution in [3.63, 3.8) is 0 Å². The van der Waals surface area contributed by atoms with Crippen LogP contribution < -0.4 is 5.56 Å². The second kappa shape index (κ2) is 7.57. The van der Waals surface area contributed by atoms with Crippen LogP contribution in [-0.2, 0) is 17.0 Å². The van der Waals surface area contributed by atoms with Crippen molar-refractivity contribution in [2.75, 3.05) is 7.11 Å². The Morgan fingerprint density at radius 3 is 2.88 bits per heavy atom. The van der Waals surface area contributed by atoms with E-state index >= 15 is 0 Å². The van der Waals surface area contributed by atoms with Crippen molar-refractivity contribution in [2.24, 2.45) is 0 Å². The summed E-state index contributed by atoms with van der Waals surface area (Å²) >= 11 is 1.37. The number of rotatable bonds is 6. The predicted molar refractivity (Wildman–Crippen MR) is 95.9 cm³/mol. The molecule has 6 nitrogen and oxygen atoms in total. The fourth-order valence-electron chi connectivity index (χ4n) is 2.55. The third-order valence-electron chi connectivity index (χ3n) is 3.76. The lowest BCUT2D eigenvalue weighted by atomic mass is 10.2. The lowest BCUT2D eigenvalue weighted by molar-refractivity contribution is 0.0598. The maximum Gasteiger partial charge on any atom is 0.341 e. The largest absolute Gasteiger partial charge is 0.468 e. The summed E-state index contributed by atoms with van der Waals surface area (Å²) < 4.78 is 11.8. The summed E-state index contributed by atoms with van der Waals surface area (Å²) in [7, 11) is 1.33. The lowest BCUT2D eigenvalue weighted by Crippen LogP contribution is -2.23. The third-order valence-corrected chi connectivity index (χ3v) is 4.73. The maximum atomic E-state index is 12.7. The molecule has 0 unspecified atom stereocenters. The van der Waals surface area contributed by atoms with Gasteiger partial charge in [0.15, 0.2) is 5.16 Å². The fourth-order valence-corrected chi connectivity index (χ4v) is 3.53. The van der Waals surface area contributed by atoms with E-state index in [2.05, 4.69) is 4.98 Å². The van der Waals surface area contributed by atoms with Crippen LogP contribution in [0.25, 0.3) is 10.9 Å². The van der Waals surface area contributed by atoms with Crippen LogP contribution in [0.3, 0.4) is 0 Å². The molecule has 2 heterocycles. The molecule has 3 aromatic rings. The molecule has 2 aromatic heterocycles. The molecule has 0 aliphatic heterocycles. The topological polar surface area (TPSA) is 74.3 Å². The minimum atomic E-state index is -0.443. The molecular weight excluding hydrogens is 340 g/mol. The van der Waals surface area contributed by atoms with E-state index in [-0.39, 0.29) is 5.56 Å². The Morgan fingerprint density at radius 1 is 1.32 bits per heavy atom. The summed E-state index contributed by atoms with van der Waals surface area (Å²) in [5, 5.41) is 1.21. The Morgan fingerprint density at radius 2 is 2.12 bits per heavy atom. The zero-order chi connectivity index (χ0) is 17.8. The maximum absolute atomic E-state index is 12.7. The summed E-state index contributed by atoms with van der Waals surface area (Å²) in [6.07, 6.45) is 2.27. The van der Waals surface area contributed by atoms with Gasteiger partial charge in [-0.15, -0.1) is 0 Å². The molecule has 0 spiro atoms. The number of benzene rings is 1. The quantitative estimate of drug-likeness (QED) is 0.381. The highest BCUT2D eigenvalue weighted by Crippen LogP contribution is 2.25. The molecular formula is C18H18N2O4S. The van der Waals surface area contributed by atoms with Crippen molar-refractivity contribution >= 4 is 28.6 Å². The number of fused-ring (bicyclic) bond motifs is 1. The zero-order valence-electron chi connectivity index (χ0n) is 14.0. The second-order valence-electron chi connectivity index (χ2n) is 5.41. The van der Waals surface area contributed by atoms with Crippen LogP contribution in [0.2, 0.25) is 0 Å². The zero-order valence-corrected chi connectivity index (χ0v) is 14.8. The molecule has 7 heteroatoms. The van der Waals surface area contributed by atoms with Gasteiger partial charge in [-0.25, -0.2) is 9.78 Å². The van der Waals surface area contributed by atoms with Crippen LogP contribution in [0.5, 0.6) is 0 Å². The SMILES string of the molecule is CCCn1c(SCc2occc2C(=O)OC)nc2ccccc2c1=O. The molecule has 1 aromatic carbocycles. The Labute approximate surface area is 148 Å². The van der Waals surface area contributed by atoms with Gasteiger partial charge in [0, 0.05) is 6.54 Å². The highest BCUT2D eigenvalue weighted by molar-refractivity contribution is 7.98. The van der Waals surface area contributed by atoms with Gasteiger partial charge in [0.25, 0.3) is 5.56 Å². The summed E-state index contributed by atoms with van der Waals surface area (Å²) in [6, 6.07) is 8.88. The first-order valence-corrected chi connectivity index (χ1v) is 8.91. The number of carbonyl (C=O) groups is 1.